The molecule has 0 radical (unpaired) electrons. The molecule has 5 heteroatoms. The Bertz CT molecular complexity index is 305. The van der Waals surface area contributed by atoms with Crippen molar-refractivity contribution in [3.63, 3.8) is 0 Å². The van der Waals surface area contributed by atoms with Gasteiger partial charge in [-0.15, -0.1) is 0 Å². The molecule has 0 spiro atoms. The van der Waals surface area contributed by atoms with E-state index in [-0.39, 0.29) is 17.7 Å². The first-order chi connectivity index (χ1) is 8.70. The molecule has 2 rings (SSSR count). The van der Waals surface area contributed by atoms with Gasteiger partial charge in [0, 0.05) is 32.1 Å². The van der Waals surface area contributed by atoms with E-state index in [9.17, 15) is 9.59 Å². The lowest BCUT2D eigenvalue weighted by molar-refractivity contribution is -0.128. The molecule has 1 heterocycles. The van der Waals surface area contributed by atoms with E-state index in [1.165, 1.54) is 12.8 Å². The number of piperidine rings is 1. The van der Waals surface area contributed by atoms with Crippen LogP contribution in [0.15, 0.2) is 0 Å². The summed E-state index contributed by atoms with van der Waals surface area (Å²) in [7, 11) is 0. The van der Waals surface area contributed by atoms with Crippen LogP contribution in [0.25, 0.3) is 0 Å². The molecular weight excluding hydrogens is 230 g/mol. The molecule has 0 aromatic heterocycles. The first-order valence-electron chi connectivity index (χ1n) is 6.99. The Morgan fingerprint density at radius 2 is 2.22 bits per heavy atom. The summed E-state index contributed by atoms with van der Waals surface area (Å²) in [6, 6.07) is 0.751. The highest BCUT2D eigenvalue weighted by molar-refractivity contribution is 5.83. The third-order valence-corrected chi connectivity index (χ3v) is 3.80. The lowest BCUT2D eigenvalue weighted by Crippen LogP contribution is -2.44. The van der Waals surface area contributed by atoms with Crippen molar-refractivity contribution in [2.45, 2.75) is 38.6 Å². The van der Waals surface area contributed by atoms with Crippen molar-refractivity contribution < 1.29 is 9.59 Å². The summed E-state index contributed by atoms with van der Waals surface area (Å²) < 4.78 is 0. The number of carbonyl (C=O) groups is 2. The summed E-state index contributed by atoms with van der Waals surface area (Å²) in [5, 5.41) is 5.72. The average molecular weight is 253 g/mol. The van der Waals surface area contributed by atoms with Crippen molar-refractivity contribution >= 4 is 11.8 Å². The Hall–Kier alpha value is -1.10. The number of rotatable bonds is 6. The van der Waals surface area contributed by atoms with Crippen LogP contribution in [-0.4, -0.2) is 48.9 Å². The summed E-state index contributed by atoms with van der Waals surface area (Å²) in [5.74, 6) is 0.102. The molecule has 0 aromatic carbocycles. The van der Waals surface area contributed by atoms with E-state index in [0.717, 1.165) is 19.1 Å². The van der Waals surface area contributed by atoms with Crippen molar-refractivity contribution in [1.29, 1.82) is 0 Å². The van der Waals surface area contributed by atoms with Gasteiger partial charge in [-0.1, -0.05) is 6.92 Å². The highest BCUT2D eigenvalue weighted by Gasteiger charge is 2.28. The number of carbonyl (C=O) groups excluding carboxylic acids is 2. The lowest BCUT2D eigenvalue weighted by Gasteiger charge is -2.23. The summed E-state index contributed by atoms with van der Waals surface area (Å²) in [4.78, 5) is 25.3. The van der Waals surface area contributed by atoms with Crippen LogP contribution in [0.4, 0.5) is 0 Å². The summed E-state index contributed by atoms with van der Waals surface area (Å²) >= 11 is 0. The van der Waals surface area contributed by atoms with Gasteiger partial charge in [-0.25, -0.2) is 0 Å². The molecule has 1 unspecified atom stereocenters. The number of likely N-dealkylation sites (N-methyl/N-ethyl adjacent to an activating group) is 1. The number of hydrogen-bond acceptors (Lipinski definition) is 3. The van der Waals surface area contributed by atoms with Gasteiger partial charge in [0.05, 0.1) is 5.92 Å². The van der Waals surface area contributed by atoms with Gasteiger partial charge in [-0.05, 0) is 25.8 Å². The van der Waals surface area contributed by atoms with E-state index >= 15 is 0 Å². The van der Waals surface area contributed by atoms with Crippen LogP contribution in [0.5, 0.6) is 0 Å². The topological polar surface area (TPSA) is 61.4 Å². The molecule has 2 aliphatic rings. The third kappa shape index (κ3) is 3.70. The second-order valence-electron chi connectivity index (χ2n) is 5.19. The molecular formula is C13H23N3O2. The number of nitrogens with one attached hydrogen (secondary N) is 2. The molecule has 0 bridgehead atoms. The Morgan fingerprint density at radius 1 is 1.44 bits per heavy atom. The minimum absolute atomic E-state index is 0.0429. The van der Waals surface area contributed by atoms with Crippen LogP contribution in [0.3, 0.4) is 0 Å². The fourth-order valence-corrected chi connectivity index (χ4v) is 2.46. The van der Waals surface area contributed by atoms with Crippen molar-refractivity contribution in [2.75, 3.05) is 26.2 Å². The molecule has 2 N–H and O–H groups in total. The number of amides is 2. The van der Waals surface area contributed by atoms with Gasteiger partial charge in [-0.3, -0.25) is 14.5 Å². The van der Waals surface area contributed by atoms with Gasteiger partial charge in [0.15, 0.2) is 0 Å². The second kappa shape index (κ2) is 6.18. The van der Waals surface area contributed by atoms with Crippen molar-refractivity contribution in [3.8, 4) is 0 Å². The van der Waals surface area contributed by atoms with Crippen LogP contribution in [0, 0.1) is 5.92 Å². The van der Waals surface area contributed by atoms with Crippen LogP contribution < -0.4 is 10.6 Å². The Balaban J connectivity index is 1.63. The maximum Gasteiger partial charge on any atom is 0.224 e. The summed E-state index contributed by atoms with van der Waals surface area (Å²) in [6.07, 6.45) is 3.76. The van der Waals surface area contributed by atoms with Crippen LogP contribution in [-0.2, 0) is 9.59 Å². The fourth-order valence-electron chi connectivity index (χ4n) is 2.46. The summed E-state index contributed by atoms with van der Waals surface area (Å²) in [5.41, 5.74) is 0. The normalized spacial score (nSPS) is 23.9. The number of nitrogens with zero attached hydrogens (tertiary/aromatic N) is 1. The minimum atomic E-state index is -0.0429. The third-order valence-electron chi connectivity index (χ3n) is 3.80. The van der Waals surface area contributed by atoms with E-state index in [4.69, 9.17) is 0 Å². The predicted molar refractivity (Wildman–Crippen MR) is 69.0 cm³/mol. The van der Waals surface area contributed by atoms with Crippen LogP contribution in [0.2, 0.25) is 0 Å². The zero-order chi connectivity index (χ0) is 13.0. The first-order valence-corrected chi connectivity index (χ1v) is 6.99. The molecule has 1 aliphatic heterocycles. The van der Waals surface area contributed by atoms with Gasteiger partial charge in [-0.2, -0.15) is 0 Å². The SMILES string of the molecule is CCN(CCNC(=O)C1CCC(=O)NC1)C1CC1. The summed E-state index contributed by atoms with van der Waals surface area (Å²) in [6.45, 7) is 5.36. The van der Waals surface area contributed by atoms with E-state index in [1.54, 1.807) is 0 Å². The van der Waals surface area contributed by atoms with E-state index in [2.05, 4.69) is 22.5 Å². The minimum Gasteiger partial charge on any atom is -0.355 e. The van der Waals surface area contributed by atoms with Gasteiger partial charge in [0.2, 0.25) is 11.8 Å². The molecule has 0 aromatic rings. The fraction of sp³-hybridized carbons (Fsp3) is 0.846. The first kappa shape index (κ1) is 13.3. The highest BCUT2D eigenvalue weighted by atomic mass is 16.2. The van der Waals surface area contributed by atoms with E-state index < -0.39 is 0 Å². The largest absolute Gasteiger partial charge is 0.355 e. The van der Waals surface area contributed by atoms with Gasteiger partial charge in [0.25, 0.3) is 0 Å². The molecule has 2 fully saturated rings. The van der Waals surface area contributed by atoms with Gasteiger partial charge < -0.3 is 10.6 Å². The highest BCUT2D eigenvalue weighted by Crippen LogP contribution is 2.25. The van der Waals surface area contributed by atoms with Gasteiger partial charge in [0.1, 0.15) is 0 Å². The van der Waals surface area contributed by atoms with Crippen molar-refractivity contribution in [3.05, 3.63) is 0 Å². The van der Waals surface area contributed by atoms with Gasteiger partial charge >= 0.3 is 0 Å². The Kier molecular flexibility index (Phi) is 4.58. The average Bonchev–Trinajstić information content (AvgIpc) is 3.19. The molecule has 18 heavy (non-hydrogen) atoms. The second-order valence-corrected chi connectivity index (χ2v) is 5.19. The molecule has 1 saturated carbocycles. The molecule has 1 atom stereocenters. The molecule has 1 aliphatic carbocycles. The lowest BCUT2D eigenvalue weighted by atomic mass is 9.98. The maximum absolute atomic E-state index is 11.9. The zero-order valence-electron chi connectivity index (χ0n) is 11.1. The Labute approximate surface area is 108 Å². The smallest absolute Gasteiger partial charge is 0.224 e. The van der Waals surface area contributed by atoms with E-state index in [0.29, 0.717) is 25.9 Å². The Morgan fingerprint density at radius 3 is 2.78 bits per heavy atom. The zero-order valence-corrected chi connectivity index (χ0v) is 11.1. The van der Waals surface area contributed by atoms with Crippen molar-refractivity contribution in [1.82, 2.24) is 15.5 Å². The van der Waals surface area contributed by atoms with Crippen molar-refractivity contribution in [2.24, 2.45) is 5.92 Å². The molecule has 2 amide bonds. The molecule has 102 valence electrons. The van der Waals surface area contributed by atoms with Crippen LogP contribution in [0.1, 0.15) is 32.6 Å². The van der Waals surface area contributed by atoms with Crippen LogP contribution >= 0.6 is 0 Å². The monoisotopic (exact) mass is 253 g/mol. The quantitative estimate of drug-likeness (QED) is 0.706. The standard InChI is InChI=1S/C13H23N3O2/c1-2-16(11-4-5-11)8-7-14-13(18)10-3-6-12(17)15-9-10/h10-11H,2-9H2,1H3,(H,14,18)(H,15,17). The molecule has 5 nitrogen and oxygen atoms in total. The molecule has 1 saturated heterocycles. The van der Waals surface area contributed by atoms with E-state index in [1.807, 2.05) is 0 Å². The maximum atomic E-state index is 11.9. The number of hydrogen-bond donors (Lipinski definition) is 2. The predicted octanol–water partition coefficient (Wildman–Crippen LogP) is 0.113.